The maximum atomic E-state index is 14.4. The molecule has 1 aromatic carbocycles. The minimum absolute atomic E-state index is 0.0837. The zero-order valence-corrected chi connectivity index (χ0v) is 18.9. The molecule has 13 heteroatoms. The van der Waals surface area contributed by atoms with E-state index in [1.807, 2.05) is 0 Å². The van der Waals surface area contributed by atoms with Crippen LogP contribution in [0.1, 0.15) is 17.0 Å². The molecule has 1 amide bonds. The lowest BCUT2D eigenvalue weighted by molar-refractivity contribution is -0.598. The summed E-state index contributed by atoms with van der Waals surface area (Å²) in [6.45, 7) is -0.738. The molecule has 0 fully saturated rings. The van der Waals surface area contributed by atoms with Crippen LogP contribution in [0.2, 0.25) is 5.02 Å². The van der Waals surface area contributed by atoms with Crippen LogP contribution in [0.5, 0.6) is 0 Å². The van der Waals surface area contributed by atoms with E-state index in [0.717, 1.165) is 0 Å². The van der Waals surface area contributed by atoms with Gasteiger partial charge in [-0.05, 0) is 52.4 Å². The molecule has 0 aliphatic rings. The molecule has 4 aromatic rings. The Labute approximate surface area is 203 Å². The van der Waals surface area contributed by atoms with Crippen molar-refractivity contribution < 1.29 is 18.3 Å². The Bertz CT molecular complexity index is 1310. The number of alkyl halides is 2. The molecule has 0 saturated carbocycles. The number of tetrazole rings is 1. The van der Waals surface area contributed by atoms with Gasteiger partial charge >= 0.3 is 5.92 Å². The summed E-state index contributed by atoms with van der Waals surface area (Å²) in [5.74, 6) is -3.86. The molecular formula is C22H19ClF2N8O2. The summed E-state index contributed by atoms with van der Waals surface area (Å²) in [4.78, 5) is 16.2. The Balaban J connectivity index is 1.40. The van der Waals surface area contributed by atoms with Crippen LogP contribution in [0.3, 0.4) is 0 Å². The van der Waals surface area contributed by atoms with Crippen LogP contribution in [-0.2, 0) is 23.7 Å². The van der Waals surface area contributed by atoms with Gasteiger partial charge in [0, 0.05) is 23.8 Å². The zero-order valence-electron chi connectivity index (χ0n) is 18.1. The van der Waals surface area contributed by atoms with Gasteiger partial charge in [-0.15, -0.1) is 5.10 Å². The van der Waals surface area contributed by atoms with Gasteiger partial charge in [0.1, 0.15) is 17.7 Å². The summed E-state index contributed by atoms with van der Waals surface area (Å²) in [7, 11) is 0. The van der Waals surface area contributed by atoms with Crippen molar-refractivity contribution in [2.75, 3.05) is 11.9 Å². The molecule has 0 atom stereocenters. The molecule has 0 saturated heterocycles. The summed E-state index contributed by atoms with van der Waals surface area (Å²) in [6.07, 6.45) is 2.41. The van der Waals surface area contributed by atoms with Crippen LogP contribution >= 0.6 is 11.6 Å². The third kappa shape index (κ3) is 5.84. The van der Waals surface area contributed by atoms with E-state index in [4.69, 9.17) is 11.6 Å². The number of benzene rings is 1. The first-order valence-corrected chi connectivity index (χ1v) is 10.7. The molecule has 35 heavy (non-hydrogen) atoms. The predicted molar refractivity (Wildman–Crippen MR) is 122 cm³/mol. The number of aromatic nitrogens is 6. The lowest BCUT2D eigenvalue weighted by Gasteiger charge is -2.17. The third-order valence-corrected chi connectivity index (χ3v) is 5.24. The van der Waals surface area contributed by atoms with E-state index in [1.165, 1.54) is 53.6 Å². The van der Waals surface area contributed by atoms with Crippen LogP contribution in [0.4, 0.5) is 14.6 Å². The number of amides is 1. The SMILES string of the molecule is O=C(Cc1cccc(NCC(F)(F)c2ccccn2)[n+]1[O-])NCc1cc(Cl)ccc1-n1cnnn1. The number of halogens is 3. The standard InChI is InChI=1S/C22H19ClF2N8O2/c23-16-7-8-18(32-14-29-30-31-32)15(10-16)12-27-21(34)11-17-4-3-6-20(33(17)35)28-13-22(24,25)19-5-1-2-9-26-19/h1-10,14,28H,11-13H2,(H,27,34). The second-order valence-electron chi connectivity index (χ2n) is 7.45. The quantitative estimate of drug-likeness (QED) is 0.267. The van der Waals surface area contributed by atoms with Crippen molar-refractivity contribution in [2.45, 2.75) is 18.9 Å². The van der Waals surface area contributed by atoms with E-state index in [2.05, 4.69) is 31.1 Å². The monoisotopic (exact) mass is 500 g/mol. The molecule has 0 unspecified atom stereocenters. The van der Waals surface area contributed by atoms with Crippen molar-refractivity contribution >= 4 is 23.3 Å². The van der Waals surface area contributed by atoms with Gasteiger partial charge < -0.3 is 10.5 Å². The number of nitrogens with zero attached hydrogens (tertiary/aromatic N) is 6. The Hall–Kier alpha value is -4.19. The number of carbonyl (C=O) groups excluding carboxylic acids is 1. The van der Waals surface area contributed by atoms with Crippen molar-refractivity contribution in [1.29, 1.82) is 0 Å². The number of anilines is 1. The minimum Gasteiger partial charge on any atom is -0.710 e. The third-order valence-electron chi connectivity index (χ3n) is 5.01. The number of pyridine rings is 2. The van der Waals surface area contributed by atoms with Crippen LogP contribution in [0, 0.1) is 5.21 Å². The highest BCUT2D eigenvalue weighted by Gasteiger charge is 2.35. The Morgan fingerprint density at radius 1 is 1.17 bits per heavy atom. The lowest BCUT2D eigenvalue weighted by atomic mass is 10.1. The summed E-state index contributed by atoms with van der Waals surface area (Å²) in [6, 6.07) is 13.5. The summed E-state index contributed by atoms with van der Waals surface area (Å²) < 4.78 is 30.6. The topological polar surface area (TPSA) is 125 Å². The molecule has 0 radical (unpaired) electrons. The van der Waals surface area contributed by atoms with Gasteiger partial charge in [0.2, 0.25) is 5.91 Å². The molecule has 0 aliphatic heterocycles. The maximum absolute atomic E-state index is 14.4. The van der Waals surface area contributed by atoms with E-state index in [1.54, 1.807) is 18.2 Å². The zero-order chi connectivity index (χ0) is 24.8. The highest BCUT2D eigenvalue weighted by atomic mass is 35.5. The fourth-order valence-electron chi connectivity index (χ4n) is 3.28. The van der Waals surface area contributed by atoms with Gasteiger partial charge in [0.15, 0.2) is 6.54 Å². The first kappa shape index (κ1) is 24.0. The van der Waals surface area contributed by atoms with E-state index < -0.39 is 24.1 Å². The van der Waals surface area contributed by atoms with Crippen LogP contribution in [0.25, 0.3) is 5.69 Å². The second-order valence-corrected chi connectivity index (χ2v) is 7.89. The summed E-state index contributed by atoms with van der Waals surface area (Å²) >= 11 is 6.08. The van der Waals surface area contributed by atoms with E-state index in [-0.39, 0.29) is 24.5 Å². The average molecular weight is 501 g/mol. The van der Waals surface area contributed by atoms with E-state index in [0.29, 0.717) is 21.0 Å². The van der Waals surface area contributed by atoms with Crippen molar-refractivity contribution in [3.8, 4) is 5.69 Å². The maximum Gasteiger partial charge on any atom is 0.325 e. The fourth-order valence-corrected chi connectivity index (χ4v) is 3.48. The minimum atomic E-state index is -3.30. The van der Waals surface area contributed by atoms with Crippen molar-refractivity contribution in [3.63, 3.8) is 0 Å². The van der Waals surface area contributed by atoms with Gasteiger partial charge in [0.05, 0.1) is 12.1 Å². The van der Waals surface area contributed by atoms with Gasteiger partial charge in [-0.1, -0.05) is 23.7 Å². The Morgan fingerprint density at radius 2 is 2.03 bits per heavy atom. The molecule has 4 rings (SSSR count). The normalized spacial score (nSPS) is 11.3. The molecule has 0 bridgehead atoms. The number of hydrogen-bond donors (Lipinski definition) is 2. The van der Waals surface area contributed by atoms with Crippen molar-refractivity contribution in [3.05, 3.63) is 94.3 Å². The number of nitrogens with one attached hydrogen (secondary N) is 2. The van der Waals surface area contributed by atoms with Crippen LogP contribution < -0.4 is 15.4 Å². The number of hydrogen-bond acceptors (Lipinski definition) is 7. The molecule has 3 heterocycles. The van der Waals surface area contributed by atoms with Gasteiger partial charge in [-0.25, -0.2) is 9.41 Å². The molecule has 180 valence electrons. The summed E-state index contributed by atoms with van der Waals surface area (Å²) in [5.41, 5.74) is 0.946. The van der Waals surface area contributed by atoms with Crippen LogP contribution in [0.15, 0.2) is 67.1 Å². The van der Waals surface area contributed by atoms with Crippen LogP contribution in [-0.4, -0.2) is 37.6 Å². The van der Waals surface area contributed by atoms with E-state index >= 15 is 0 Å². The van der Waals surface area contributed by atoms with Gasteiger partial charge in [-0.2, -0.15) is 8.78 Å². The fraction of sp³-hybridized carbons (Fsp3) is 0.182. The molecule has 3 aromatic heterocycles. The lowest BCUT2D eigenvalue weighted by Crippen LogP contribution is -2.40. The van der Waals surface area contributed by atoms with E-state index in [9.17, 15) is 18.8 Å². The number of carbonyl (C=O) groups is 1. The Morgan fingerprint density at radius 3 is 2.77 bits per heavy atom. The van der Waals surface area contributed by atoms with Gasteiger partial charge in [-0.3, -0.25) is 15.1 Å². The van der Waals surface area contributed by atoms with Crippen molar-refractivity contribution in [1.82, 2.24) is 30.5 Å². The smallest absolute Gasteiger partial charge is 0.325 e. The highest BCUT2D eigenvalue weighted by molar-refractivity contribution is 6.30. The largest absolute Gasteiger partial charge is 0.710 e. The average Bonchev–Trinajstić information content (AvgIpc) is 3.39. The van der Waals surface area contributed by atoms with Crippen molar-refractivity contribution in [2.24, 2.45) is 0 Å². The highest BCUT2D eigenvalue weighted by Crippen LogP contribution is 2.26. The molecule has 0 spiro atoms. The summed E-state index contributed by atoms with van der Waals surface area (Å²) in [5, 5.41) is 29.3. The molecule has 0 aliphatic carbocycles. The first-order valence-electron chi connectivity index (χ1n) is 10.4. The first-order chi connectivity index (χ1) is 16.8. The second kappa shape index (κ2) is 10.4. The molecule has 10 nitrogen and oxygen atoms in total. The van der Waals surface area contributed by atoms with Gasteiger partial charge in [0.25, 0.3) is 5.82 Å². The molecule has 2 N–H and O–H groups in total. The Kier molecular flexibility index (Phi) is 7.11. The molecular weight excluding hydrogens is 482 g/mol. The predicted octanol–water partition coefficient (Wildman–Crippen LogP) is 2.41. The number of rotatable bonds is 9.